The first-order valence-electron chi connectivity index (χ1n) is 7.24. The number of amides is 3. The second-order valence-electron chi connectivity index (χ2n) is 5.66. The maximum absolute atomic E-state index is 12.4. The quantitative estimate of drug-likeness (QED) is 0.680. The van der Waals surface area contributed by atoms with Gasteiger partial charge in [-0.2, -0.15) is 0 Å². The maximum atomic E-state index is 12.4. The summed E-state index contributed by atoms with van der Waals surface area (Å²) < 4.78 is 0. The second kappa shape index (κ2) is 5.64. The Morgan fingerprint density at radius 2 is 1.91 bits per heavy atom. The smallest absolute Gasteiger partial charge is 0.249 e. The highest BCUT2D eigenvalue weighted by atomic mass is 32.1. The molecule has 1 saturated heterocycles. The SMILES string of the molecule is Cc1csc(NC(=O)[C@H](C)N2C(=O)[C@@H]3CC=CC[C@H]3C2=O)n1. The van der Waals surface area contributed by atoms with Gasteiger partial charge in [0.15, 0.2) is 5.13 Å². The molecule has 6 nitrogen and oxygen atoms in total. The summed E-state index contributed by atoms with van der Waals surface area (Å²) in [6.45, 7) is 3.41. The third-order valence-electron chi connectivity index (χ3n) is 4.16. The van der Waals surface area contributed by atoms with Crippen LogP contribution in [0.4, 0.5) is 5.13 Å². The molecule has 2 aliphatic rings. The lowest BCUT2D eigenvalue weighted by molar-refractivity contribution is -0.146. The third-order valence-corrected chi connectivity index (χ3v) is 5.03. The maximum Gasteiger partial charge on any atom is 0.249 e. The van der Waals surface area contributed by atoms with E-state index in [4.69, 9.17) is 0 Å². The van der Waals surface area contributed by atoms with Gasteiger partial charge in [0.2, 0.25) is 17.7 Å². The van der Waals surface area contributed by atoms with E-state index in [2.05, 4.69) is 10.3 Å². The molecule has 1 N–H and O–H groups in total. The highest BCUT2D eigenvalue weighted by Crippen LogP contribution is 2.36. The van der Waals surface area contributed by atoms with Gasteiger partial charge in [-0.05, 0) is 26.7 Å². The van der Waals surface area contributed by atoms with Gasteiger partial charge >= 0.3 is 0 Å². The van der Waals surface area contributed by atoms with Crippen molar-refractivity contribution in [2.45, 2.75) is 32.7 Å². The van der Waals surface area contributed by atoms with Crippen LogP contribution in [0.25, 0.3) is 0 Å². The van der Waals surface area contributed by atoms with Gasteiger partial charge in [0.25, 0.3) is 0 Å². The van der Waals surface area contributed by atoms with E-state index in [1.165, 1.54) is 11.3 Å². The lowest BCUT2D eigenvalue weighted by atomic mass is 9.85. The fourth-order valence-electron chi connectivity index (χ4n) is 2.95. The van der Waals surface area contributed by atoms with Gasteiger partial charge in [0.05, 0.1) is 17.5 Å². The number of nitrogens with zero attached hydrogens (tertiary/aromatic N) is 2. The van der Waals surface area contributed by atoms with Crippen LogP contribution >= 0.6 is 11.3 Å². The minimum Gasteiger partial charge on any atom is -0.300 e. The molecule has 0 radical (unpaired) electrons. The molecule has 1 aromatic heterocycles. The Bertz CT molecular complexity index is 641. The Morgan fingerprint density at radius 1 is 1.32 bits per heavy atom. The predicted molar refractivity (Wildman–Crippen MR) is 82.1 cm³/mol. The van der Waals surface area contributed by atoms with Crippen molar-refractivity contribution in [1.82, 2.24) is 9.88 Å². The van der Waals surface area contributed by atoms with Crippen LogP contribution in [0.1, 0.15) is 25.5 Å². The van der Waals surface area contributed by atoms with Crippen molar-refractivity contribution in [2.24, 2.45) is 11.8 Å². The Labute approximate surface area is 132 Å². The van der Waals surface area contributed by atoms with Crippen molar-refractivity contribution in [3.05, 3.63) is 23.2 Å². The van der Waals surface area contributed by atoms with Crippen LogP contribution in [0.15, 0.2) is 17.5 Å². The molecule has 1 aliphatic carbocycles. The molecule has 2 heterocycles. The van der Waals surface area contributed by atoms with Crippen molar-refractivity contribution in [3.8, 4) is 0 Å². The molecule has 7 heteroatoms. The number of aromatic nitrogens is 1. The largest absolute Gasteiger partial charge is 0.300 e. The number of rotatable bonds is 3. The molecule has 3 amide bonds. The van der Waals surface area contributed by atoms with Gasteiger partial charge in [-0.15, -0.1) is 11.3 Å². The van der Waals surface area contributed by atoms with E-state index < -0.39 is 6.04 Å². The summed E-state index contributed by atoms with van der Waals surface area (Å²) in [6, 6.07) is -0.824. The van der Waals surface area contributed by atoms with Gasteiger partial charge in [0.1, 0.15) is 6.04 Å². The average Bonchev–Trinajstić information content (AvgIpc) is 3.01. The standard InChI is InChI=1S/C15H17N3O3S/c1-8-7-22-15(16-8)17-12(19)9(2)18-13(20)10-5-3-4-6-11(10)14(18)21/h3-4,7,9-11H,5-6H2,1-2H3,(H,16,17,19)/t9-,10+,11+/m0/s1. The Hall–Kier alpha value is -2.02. The highest BCUT2D eigenvalue weighted by molar-refractivity contribution is 7.13. The Balaban J connectivity index is 1.74. The first-order valence-corrected chi connectivity index (χ1v) is 8.12. The van der Waals surface area contributed by atoms with Crippen molar-refractivity contribution in [1.29, 1.82) is 0 Å². The topological polar surface area (TPSA) is 79.4 Å². The van der Waals surface area contributed by atoms with Crippen LogP contribution in [0.2, 0.25) is 0 Å². The van der Waals surface area contributed by atoms with Gasteiger partial charge in [-0.25, -0.2) is 4.98 Å². The Morgan fingerprint density at radius 3 is 2.41 bits per heavy atom. The highest BCUT2D eigenvalue weighted by Gasteiger charge is 2.50. The van der Waals surface area contributed by atoms with E-state index in [1.54, 1.807) is 6.92 Å². The first kappa shape index (κ1) is 14.9. The molecular weight excluding hydrogens is 302 g/mol. The van der Waals surface area contributed by atoms with Crippen LogP contribution in [0, 0.1) is 18.8 Å². The molecule has 0 saturated carbocycles. The summed E-state index contributed by atoms with van der Waals surface area (Å²) in [5.74, 6) is -1.48. The summed E-state index contributed by atoms with van der Waals surface area (Å²) >= 11 is 1.32. The second-order valence-corrected chi connectivity index (χ2v) is 6.52. The van der Waals surface area contributed by atoms with Crippen LogP contribution < -0.4 is 5.32 Å². The van der Waals surface area contributed by atoms with E-state index in [0.29, 0.717) is 18.0 Å². The van der Waals surface area contributed by atoms with Crippen molar-refractivity contribution >= 4 is 34.2 Å². The average molecular weight is 319 g/mol. The van der Waals surface area contributed by atoms with Gasteiger partial charge in [-0.1, -0.05) is 12.2 Å². The van der Waals surface area contributed by atoms with Crippen molar-refractivity contribution in [2.75, 3.05) is 5.32 Å². The number of aryl methyl sites for hydroxylation is 1. The molecule has 1 aliphatic heterocycles. The minimum absolute atomic E-state index is 0.239. The van der Waals surface area contributed by atoms with Crippen molar-refractivity contribution in [3.63, 3.8) is 0 Å². The molecule has 0 aromatic carbocycles. The summed E-state index contributed by atoms with van der Waals surface area (Å²) in [6.07, 6.45) is 5.01. The fraction of sp³-hybridized carbons (Fsp3) is 0.467. The molecule has 22 heavy (non-hydrogen) atoms. The molecule has 0 bridgehead atoms. The zero-order valence-corrected chi connectivity index (χ0v) is 13.2. The van der Waals surface area contributed by atoms with Crippen LogP contribution in [0.5, 0.6) is 0 Å². The predicted octanol–water partition coefficient (Wildman–Crippen LogP) is 1.73. The number of anilines is 1. The number of fused-ring (bicyclic) bond motifs is 1. The summed E-state index contributed by atoms with van der Waals surface area (Å²) in [5.41, 5.74) is 0.818. The number of nitrogens with one attached hydrogen (secondary N) is 1. The van der Waals surface area contributed by atoms with Crippen LogP contribution in [0.3, 0.4) is 0 Å². The zero-order chi connectivity index (χ0) is 15.9. The lowest BCUT2D eigenvalue weighted by Crippen LogP contribution is -2.46. The number of allylic oxidation sites excluding steroid dienone is 2. The summed E-state index contributed by atoms with van der Waals surface area (Å²) in [5, 5.41) is 4.97. The van der Waals surface area contributed by atoms with Crippen molar-refractivity contribution < 1.29 is 14.4 Å². The van der Waals surface area contributed by atoms with Crippen LogP contribution in [-0.2, 0) is 14.4 Å². The first-order chi connectivity index (χ1) is 10.5. The molecular formula is C15H17N3O3S. The summed E-state index contributed by atoms with van der Waals surface area (Å²) in [7, 11) is 0. The zero-order valence-electron chi connectivity index (χ0n) is 12.4. The number of hydrogen-bond donors (Lipinski definition) is 1. The Kier molecular flexibility index (Phi) is 3.82. The van der Waals surface area contributed by atoms with Gasteiger partial charge < -0.3 is 5.32 Å². The lowest BCUT2D eigenvalue weighted by Gasteiger charge is -2.21. The monoisotopic (exact) mass is 319 g/mol. The minimum atomic E-state index is -0.824. The van der Waals surface area contributed by atoms with E-state index in [9.17, 15) is 14.4 Å². The third kappa shape index (κ3) is 2.45. The molecule has 1 fully saturated rings. The molecule has 116 valence electrons. The van der Waals surface area contributed by atoms with Gasteiger partial charge in [-0.3, -0.25) is 19.3 Å². The van der Waals surface area contributed by atoms with E-state index in [-0.39, 0.29) is 29.6 Å². The number of thiazole rings is 1. The number of imide groups is 1. The van der Waals surface area contributed by atoms with E-state index in [1.807, 2.05) is 24.5 Å². The number of hydrogen-bond acceptors (Lipinski definition) is 5. The fourth-order valence-corrected chi connectivity index (χ4v) is 3.64. The molecule has 3 rings (SSSR count). The number of carbonyl (C=O) groups is 3. The number of carbonyl (C=O) groups excluding carboxylic acids is 3. The van der Waals surface area contributed by atoms with Crippen LogP contribution in [-0.4, -0.2) is 33.6 Å². The molecule has 0 spiro atoms. The normalized spacial score (nSPS) is 25.3. The molecule has 3 atom stereocenters. The molecule has 1 aromatic rings. The van der Waals surface area contributed by atoms with Gasteiger partial charge in [0, 0.05) is 5.38 Å². The van der Waals surface area contributed by atoms with E-state index in [0.717, 1.165) is 10.6 Å². The van der Waals surface area contributed by atoms with E-state index >= 15 is 0 Å². The molecule has 0 unspecified atom stereocenters. The number of likely N-dealkylation sites (tertiary alicyclic amines) is 1. The summed E-state index contributed by atoms with van der Waals surface area (Å²) in [4.78, 5) is 42.4.